The predicted octanol–water partition coefficient (Wildman–Crippen LogP) is 6.58. The van der Waals surface area contributed by atoms with Crippen LogP contribution in [-0.4, -0.2) is 32.5 Å². The van der Waals surface area contributed by atoms with Gasteiger partial charge in [-0.05, 0) is 105 Å². The lowest BCUT2D eigenvalue weighted by atomic mass is 9.79. The number of methoxy groups -OCH3 is 2. The third-order valence-electron chi connectivity index (χ3n) is 7.45. The van der Waals surface area contributed by atoms with E-state index in [4.69, 9.17) is 14.2 Å². The maximum absolute atomic E-state index is 15.4. The molecule has 2 atom stereocenters. The molecule has 0 radical (unpaired) electrons. The molecule has 2 aromatic rings. The topological polar surface area (TPSA) is 44.8 Å². The summed E-state index contributed by atoms with van der Waals surface area (Å²) in [6, 6.07) is 12.4. The summed E-state index contributed by atoms with van der Waals surface area (Å²) < 4.78 is 45.9. The summed E-state index contributed by atoms with van der Waals surface area (Å²) >= 11 is 0. The second-order valence-corrected chi connectivity index (χ2v) is 9.87. The molecule has 0 spiro atoms. The van der Waals surface area contributed by atoms with Gasteiger partial charge in [0, 0.05) is 5.92 Å². The summed E-state index contributed by atoms with van der Waals surface area (Å²) in [6.07, 6.45) is 5.53. The van der Waals surface area contributed by atoms with Crippen molar-refractivity contribution in [3.8, 4) is 11.5 Å². The predicted molar refractivity (Wildman–Crippen MR) is 127 cm³/mol. The van der Waals surface area contributed by atoms with E-state index in [0.29, 0.717) is 24.0 Å². The zero-order chi connectivity index (χ0) is 24.3. The number of benzene rings is 2. The summed E-state index contributed by atoms with van der Waals surface area (Å²) in [5, 5.41) is 0. The van der Waals surface area contributed by atoms with E-state index in [2.05, 4.69) is 0 Å². The third kappa shape index (κ3) is 5.37. The van der Waals surface area contributed by atoms with Crippen LogP contribution in [0.15, 0.2) is 42.5 Å². The number of carbonyl (C=O) groups is 1. The highest BCUT2D eigenvalue weighted by atomic mass is 19.1. The van der Waals surface area contributed by atoms with Gasteiger partial charge in [-0.25, -0.2) is 13.6 Å². The lowest BCUT2D eigenvalue weighted by Crippen LogP contribution is -2.39. The minimum atomic E-state index is -2.08. The first-order chi connectivity index (χ1) is 16.3. The van der Waals surface area contributed by atoms with E-state index < -0.39 is 17.6 Å². The van der Waals surface area contributed by atoms with Gasteiger partial charge in [-0.15, -0.1) is 0 Å². The summed E-state index contributed by atoms with van der Waals surface area (Å²) in [6.45, 7) is 1.88. The first-order valence-electron chi connectivity index (χ1n) is 12.2. The van der Waals surface area contributed by atoms with Gasteiger partial charge in [0.2, 0.25) is 5.67 Å². The largest absolute Gasteiger partial charge is 0.497 e. The fraction of sp³-hybridized carbons (Fsp3) is 0.536. The zero-order valence-corrected chi connectivity index (χ0v) is 20.2. The van der Waals surface area contributed by atoms with Crippen LogP contribution in [-0.2, 0) is 9.53 Å². The molecular weight excluding hydrogens is 438 g/mol. The quantitative estimate of drug-likeness (QED) is 0.387. The van der Waals surface area contributed by atoms with Crippen LogP contribution in [0.2, 0.25) is 0 Å². The van der Waals surface area contributed by atoms with E-state index in [1.54, 1.807) is 13.2 Å². The molecule has 0 saturated heterocycles. The van der Waals surface area contributed by atoms with E-state index in [1.807, 2.05) is 30.3 Å². The molecule has 0 aliphatic heterocycles. The normalized spacial score (nSPS) is 23.0. The molecule has 0 aromatic heterocycles. The molecule has 2 fully saturated rings. The smallest absolute Gasteiger partial charge is 0.343 e. The van der Waals surface area contributed by atoms with Gasteiger partial charge in [0.15, 0.2) is 0 Å². The van der Waals surface area contributed by atoms with Gasteiger partial charge in [-0.3, -0.25) is 0 Å². The highest BCUT2D eigenvalue weighted by Crippen LogP contribution is 2.50. The molecule has 2 aromatic carbocycles. The average Bonchev–Trinajstić information content (AvgIpc) is 3.68. The summed E-state index contributed by atoms with van der Waals surface area (Å²) in [5.41, 5.74) is -0.576. The van der Waals surface area contributed by atoms with Crippen LogP contribution in [0.1, 0.15) is 68.4 Å². The van der Waals surface area contributed by atoms with E-state index in [-0.39, 0.29) is 17.7 Å². The van der Waals surface area contributed by atoms with Crippen molar-refractivity contribution in [3.63, 3.8) is 0 Å². The molecule has 6 heteroatoms. The molecule has 4 nitrogen and oxygen atoms in total. The van der Waals surface area contributed by atoms with E-state index >= 15 is 4.39 Å². The molecule has 0 amide bonds. The van der Waals surface area contributed by atoms with Crippen molar-refractivity contribution < 1.29 is 27.8 Å². The van der Waals surface area contributed by atoms with Gasteiger partial charge in [0.25, 0.3) is 0 Å². The van der Waals surface area contributed by atoms with E-state index in [0.717, 1.165) is 49.7 Å². The van der Waals surface area contributed by atoms with Crippen molar-refractivity contribution >= 4 is 5.97 Å². The Morgan fingerprint density at radius 2 is 1.76 bits per heavy atom. The Morgan fingerprint density at radius 1 is 1.03 bits per heavy atom. The van der Waals surface area contributed by atoms with Crippen LogP contribution < -0.4 is 9.47 Å². The van der Waals surface area contributed by atoms with Crippen molar-refractivity contribution in [1.82, 2.24) is 0 Å². The number of rotatable bonds is 9. The number of halogens is 2. The second-order valence-electron chi connectivity index (χ2n) is 9.87. The Kier molecular flexibility index (Phi) is 7.44. The number of ether oxygens (including phenoxy) is 3. The number of carbonyl (C=O) groups excluding carboxylic acids is 1. The minimum Gasteiger partial charge on any atom is -0.497 e. The van der Waals surface area contributed by atoms with E-state index in [1.165, 1.54) is 20.1 Å². The van der Waals surface area contributed by atoms with Gasteiger partial charge in [0.1, 0.15) is 17.3 Å². The maximum atomic E-state index is 15.4. The molecule has 34 heavy (non-hydrogen) atoms. The van der Waals surface area contributed by atoms with Crippen molar-refractivity contribution in [1.29, 1.82) is 0 Å². The Bertz CT molecular complexity index is 994. The van der Waals surface area contributed by atoms with Crippen LogP contribution in [0.3, 0.4) is 0 Å². The van der Waals surface area contributed by atoms with Crippen molar-refractivity contribution in [2.45, 2.75) is 63.0 Å². The third-order valence-corrected chi connectivity index (χ3v) is 7.45. The first kappa shape index (κ1) is 24.5. The lowest BCUT2D eigenvalue weighted by Gasteiger charge is -2.30. The van der Waals surface area contributed by atoms with E-state index in [9.17, 15) is 9.18 Å². The first-order valence-corrected chi connectivity index (χ1v) is 12.2. The zero-order valence-electron chi connectivity index (χ0n) is 20.2. The van der Waals surface area contributed by atoms with Gasteiger partial charge in [-0.2, -0.15) is 0 Å². The van der Waals surface area contributed by atoms with Gasteiger partial charge in [0.05, 0.1) is 20.8 Å². The number of esters is 1. The molecule has 0 N–H and O–H groups in total. The highest BCUT2D eigenvalue weighted by Gasteiger charge is 2.50. The fourth-order valence-corrected chi connectivity index (χ4v) is 5.40. The highest BCUT2D eigenvalue weighted by molar-refractivity contribution is 5.80. The molecular formula is C28H34F2O4. The molecule has 4 rings (SSSR count). The summed E-state index contributed by atoms with van der Waals surface area (Å²) in [5.74, 6) is 0.527. The Labute approximate surface area is 200 Å². The van der Waals surface area contributed by atoms with Gasteiger partial charge in [-0.1, -0.05) is 12.1 Å². The van der Waals surface area contributed by atoms with Crippen LogP contribution >= 0.6 is 0 Å². The van der Waals surface area contributed by atoms with Crippen LogP contribution in [0.5, 0.6) is 11.5 Å². The monoisotopic (exact) mass is 472 g/mol. The van der Waals surface area contributed by atoms with Gasteiger partial charge >= 0.3 is 5.97 Å². The molecule has 2 saturated carbocycles. The number of hydrogen-bond acceptors (Lipinski definition) is 4. The van der Waals surface area contributed by atoms with Crippen molar-refractivity contribution in [3.05, 3.63) is 59.4 Å². The van der Waals surface area contributed by atoms with Gasteiger partial charge < -0.3 is 14.2 Å². The molecule has 1 unspecified atom stereocenters. The Morgan fingerprint density at radius 3 is 2.41 bits per heavy atom. The van der Waals surface area contributed by atoms with Crippen molar-refractivity contribution in [2.24, 2.45) is 11.8 Å². The molecule has 2 aliphatic rings. The summed E-state index contributed by atoms with van der Waals surface area (Å²) in [4.78, 5) is 12.1. The molecule has 0 heterocycles. The Hall–Kier alpha value is -2.63. The standard InChI is InChI=1S/C28H34F2O4/c1-28(30,27(31)33-3)26(20-11-12-20)21-5-4-6-23(15-21)34-17-18-7-9-19(10-8-18)24-16-22(32-2)13-14-25(24)29/h4-6,13-16,18-20,26H,7-12,17H2,1-3H3/t18-,19-,26-,28?/m0/s1. The second kappa shape index (κ2) is 10.3. The van der Waals surface area contributed by atoms with Crippen LogP contribution in [0.25, 0.3) is 0 Å². The minimum absolute atomic E-state index is 0.136. The van der Waals surface area contributed by atoms with Crippen LogP contribution in [0, 0.1) is 17.7 Å². The van der Waals surface area contributed by atoms with Crippen molar-refractivity contribution in [2.75, 3.05) is 20.8 Å². The molecule has 0 bridgehead atoms. The number of hydrogen-bond donors (Lipinski definition) is 0. The SMILES string of the molecule is COC(=O)C(C)(F)[C@H](c1cccc(OC[C@H]2CC[C@H](c3cc(OC)ccc3F)CC2)c1)C1CC1. The Balaban J connectivity index is 1.36. The maximum Gasteiger partial charge on any atom is 0.343 e. The fourth-order valence-electron chi connectivity index (χ4n) is 5.40. The summed E-state index contributed by atoms with van der Waals surface area (Å²) in [7, 11) is 2.82. The molecule has 184 valence electrons. The lowest BCUT2D eigenvalue weighted by molar-refractivity contribution is -0.155. The molecule has 2 aliphatic carbocycles. The van der Waals surface area contributed by atoms with Crippen LogP contribution in [0.4, 0.5) is 8.78 Å². The average molecular weight is 473 g/mol. The number of alkyl halides is 1.